The molecule has 1 aromatic rings. The highest BCUT2D eigenvalue weighted by Crippen LogP contribution is 2.31. The second-order valence-electron chi connectivity index (χ2n) is 6.16. The molecule has 4 heteroatoms. The minimum atomic E-state index is 0.529. The summed E-state index contributed by atoms with van der Waals surface area (Å²) in [7, 11) is 2.23. The molecule has 1 fully saturated rings. The van der Waals surface area contributed by atoms with Crippen LogP contribution < -0.4 is 10.2 Å². The molecular weight excluding hydrogens is 266 g/mol. The summed E-state index contributed by atoms with van der Waals surface area (Å²) in [6, 6.07) is 1.23. The lowest BCUT2D eigenvalue weighted by atomic mass is 9.95. The zero-order valence-electron chi connectivity index (χ0n) is 13.4. The Bertz CT molecular complexity index is 408. The molecule has 1 saturated carbocycles. The van der Waals surface area contributed by atoms with Crippen molar-refractivity contribution in [3.8, 4) is 0 Å². The van der Waals surface area contributed by atoms with Crippen molar-refractivity contribution in [1.82, 2.24) is 10.3 Å². The molecule has 1 aromatic heterocycles. The maximum atomic E-state index is 4.89. The van der Waals surface area contributed by atoms with Gasteiger partial charge in [-0.2, -0.15) is 0 Å². The van der Waals surface area contributed by atoms with Crippen LogP contribution in [0.4, 0.5) is 5.13 Å². The lowest BCUT2D eigenvalue weighted by Crippen LogP contribution is -2.33. The number of thiazole rings is 1. The van der Waals surface area contributed by atoms with Gasteiger partial charge >= 0.3 is 0 Å². The Kier molecular flexibility index (Phi) is 5.85. The Morgan fingerprint density at radius 1 is 1.30 bits per heavy atom. The van der Waals surface area contributed by atoms with Gasteiger partial charge in [0.15, 0.2) is 5.13 Å². The van der Waals surface area contributed by atoms with E-state index in [0.717, 1.165) is 13.0 Å². The van der Waals surface area contributed by atoms with E-state index in [4.69, 9.17) is 4.98 Å². The lowest BCUT2D eigenvalue weighted by Gasteiger charge is -2.30. The number of aromatic nitrogens is 1. The van der Waals surface area contributed by atoms with Crippen LogP contribution >= 0.6 is 11.3 Å². The van der Waals surface area contributed by atoms with Gasteiger partial charge < -0.3 is 10.2 Å². The molecule has 0 aromatic carbocycles. The van der Waals surface area contributed by atoms with Crippen LogP contribution in [0.15, 0.2) is 0 Å². The van der Waals surface area contributed by atoms with Crippen molar-refractivity contribution in [3.05, 3.63) is 10.6 Å². The van der Waals surface area contributed by atoms with Crippen molar-refractivity contribution in [1.29, 1.82) is 0 Å². The number of hydrogen-bond acceptors (Lipinski definition) is 4. The number of hydrogen-bond donors (Lipinski definition) is 1. The quantitative estimate of drug-likeness (QED) is 0.860. The molecule has 20 heavy (non-hydrogen) atoms. The van der Waals surface area contributed by atoms with Gasteiger partial charge in [-0.3, -0.25) is 0 Å². The van der Waals surface area contributed by atoms with E-state index < -0.39 is 0 Å². The van der Waals surface area contributed by atoms with Crippen LogP contribution in [0.2, 0.25) is 0 Å². The molecule has 2 rings (SSSR count). The summed E-state index contributed by atoms with van der Waals surface area (Å²) in [5.74, 6) is 0. The SMILES string of the molecule is CCc1nc(N(C)C2CCCCC2)sc1CNC(C)C. The average Bonchev–Trinajstić information content (AvgIpc) is 2.88. The molecule has 0 amide bonds. The van der Waals surface area contributed by atoms with Crippen LogP contribution in [0.3, 0.4) is 0 Å². The van der Waals surface area contributed by atoms with E-state index in [2.05, 4.69) is 38.0 Å². The summed E-state index contributed by atoms with van der Waals surface area (Å²) in [5, 5.41) is 4.74. The molecule has 1 aliphatic carbocycles. The predicted octanol–water partition coefficient (Wildman–Crippen LogP) is 3.97. The fraction of sp³-hybridized carbons (Fsp3) is 0.812. The van der Waals surface area contributed by atoms with Gasteiger partial charge in [0.1, 0.15) is 0 Å². The van der Waals surface area contributed by atoms with Crippen molar-refractivity contribution in [2.24, 2.45) is 0 Å². The first-order valence-corrected chi connectivity index (χ1v) is 8.88. The van der Waals surface area contributed by atoms with Gasteiger partial charge in [-0.1, -0.05) is 40.0 Å². The molecular formula is C16H29N3S. The first kappa shape index (κ1) is 15.8. The van der Waals surface area contributed by atoms with Crippen molar-refractivity contribution in [3.63, 3.8) is 0 Å². The largest absolute Gasteiger partial charge is 0.348 e. The van der Waals surface area contributed by atoms with E-state index in [9.17, 15) is 0 Å². The number of anilines is 1. The third-order valence-electron chi connectivity index (χ3n) is 4.20. The smallest absolute Gasteiger partial charge is 0.185 e. The maximum Gasteiger partial charge on any atom is 0.185 e. The van der Waals surface area contributed by atoms with Gasteiger partial charge in [-0.05, 0) is 19.3 Å². The third kappa shape index (κ3) is 3.95. The van der Waals surface area contributed by atoms with Gasteiger partial charge in [0.2, 0.25) is 0 Å². The van der Waals surface area contributed by atoms with E-state index in [1.165, 1.54) is 47.8 Å². The Morgan fingerprint density at radius 2 is 2.00 bits per heavy atom. The summed E-state index contributed by atoms with van der Waals surface area (Å²) in [5.41, 5.74) is 1.28. The van der Waals surface area contributed by atoms with E-state index in [-0.39, 0.29) is 0 Å². The van der Waals surface area contributed by atoms with E-state index in [0.29, 0.717) is 12.1 Å². The molecule has 0 radical (unpaired) electrons. The monoisotopic (exact) mass is 295 g/mol. The summed E-state index contributed by atoms with van der Waals surface area (Å²) in [6.07, 6.45) is 7.86. The van der Waals surface area contributed by atoms with Crippen molar-refractivity contribution >= 4 is 16.5 Å². The highest BCUT2D eigenvalue weighted by Gasteiger charge is 2.21. The van der Waals surface area contributed by atoms with Crippen LogP contribution in [-0.2, 0) is 13.0 Å². The second-order valence-corrected chi connectivity index (χ2v) is 7.22. The highest BCUT2D eigenvalue weighted by atomic mass is 32.1. The second kappa shape index (κ2) is 7.41. The van der Waals surface area contributed by atoms with Gasteiger partial charge in [-0.25, -0.2) is 4.98 Å². The summed E-state index contributed by atoms with van der Waals surface area (Å²) < 4.78 is 0. The third-order valence-corrected chi connectivity index (χ3v) is 5.39. The predicted molar refractivity (Wildman–Crippen MR) is 88.7 cm³/mol. The lowest BCUT2D eigenvalue weighted by molar-refractivity contribution is 0.427. The fourth-order valence-electron chi connectivity index (χ4n) is 2.86. The molecule has 0 saturated heterocycles. The van der Waals surface area contributed by atoms with Crippen LogP contribution in [0.5, 0.6) is 0 Å². The normalized spacial score (nSPS) is 16.9. The van der Waals surface area contributed by atoms with Crippen LogP contribution in [0, 0.1) is 0 Å². The summed E-state index contributed by atoms with van der Waals surface area (Å²) in [6.45, 7) is 7.55. The summed E-state index contributed by atoms with van der Waals surface area (Å²) >= 11 is 1.88. The van der Waals surface area contributed by atoms with Crippen molar-refractivity contribution in [2.75, 3.05) is 11.9 Å². The van der Waals surface area contributed by atoms with E-state index >= 15 is 0 Å². The molecule has 0 spiro atoms. The number of nitrogens with zero attached hydrogens (tertiary/aromatic N) is 2. The Labute approximate surface area is 127 Å². The molecule has 0 bridgehead atoms. The number of rotatable bonds is 6. The highest BCUT2D eigenvalue weighted by molar-refractivity contribution is 7.15. The number of aryl methyl sites for hydroxylation is 1. The zero-order valence-corrected chi connectivity index (χ0v) is 14.2. The van der Waals surface area contributed by atoms with Crippen molar-refractivity contribution in [2.45, 2.75) is 77.9 Å². The standard InChI is InChI=1S/C16H29N3S/c1-5-14-15(11-17-12(2)3)20-16(18-14)19(4)13-9-7-6-8-10-13/h12-13,17H,5-11H2,1-4H3. The van der Waals surface area contributed by atoms with Crippen molar-refractivity contribution < 1.29 is 0 Å². The number of nitrogens with one attached hydrogen (secondary N) is 1. The molecule has 1 heterocycles. The van der Waals surface area contributed by atoms with Crippen LogP contribution in [0.25, 0.3) is 0 Å². The summed E-state index contributed by atoms with van der Waals surface area (Å²) in [4.78, 5) is 8.73. The van der Waals surface area contributed by atoms with Crippen LogP contribution in [0.1, 0.15) is 63.4 Å². The Balaban J connectivity index is 2.07. The van der Waals surface area contributed by atoms with Gasteiger partial charge in [0.25, 0.3) is 0 Å². The molecule has 114 valence electrons. The molecule has 1 N–H and O–H groups in total. The first-order valence-electron chi connectivity index (χ1n) is 8.06. The Morgan fingerprint density at radius 3 is 2.60 bits per heavy atom. The molecule has 0 aliphatic heterocycles. The first-order chi connectivity index (χ1) is 9.61. The molecule has 3 nitrogen and oxygen atoms in total. The fourth-order valence-corrected chi connectivity index (χ4v) is 3.99. The average molecular weight is 295 g/mol. The van der Waals surface area contributed by atoms with Gasteiger partial charge in [0.05, 0.1) is 5.69 Å². The maximum absolute atomic E-state index is 4.89. The van der Waals surface area contributed by atoms with Gasteiger partial charge in [0, 0.05) is 30.6 Å². The molecule has 0 atom stereocenters. The van der Waals surface area contributed by atoms with E-state index in [1.807, 2.05) is 11.3 Å². The molecule has 1 aliphatic rings. The van der Waals surface area contributed by atoms with Crippen LogP contribution in [-0.4, -0.2) is 24.1 Å². The topological polar surface area (TPSA) is 28.2 Å². The minimum Gasteiger partial charge on any atom is -0.348 e. The molecule has 0 unspecified atom stereocenters. The van der Waals surface area contributed by atoms with Gasteiger partial charge in [-0.15, -0.1) is 11.3 Å². The minimum absolute atomic E-state index is 0.529. The Hall–Kier alpha value is -0.610. The van der Waals surface area contributed by atoms with E-state index in [1.54, 1.807) is 0 Å². The zero-order chi connectivity index (χ0) is 14.5.